The minimum absolute atomic E-state index is 0.0439. The van der Waals surface area contributed by atoms with Crippen LogP contribution in [-0.2, 0) is 0 Å². The Morgan fingerprint density at radius 1 is 1.10 bits per heavy atom. The van der Waals surface area contributed by atoms with Gasteiger partial charge in [0.05, 0.1) is 10.6 Å². The lowest BCUT2D eigenvalue weighted by Crippen LogP contribution is -2.25. The summed E-state index contributed by atoms with van der Waals surface area (Å²) < 4.78 is 1.38. The molecular weight excluding hydrogens is 398 g/mol. The summed E-state index contributed by atoms with van der Waals surface area (Å²) in [6, 6.07) is 10.5. The van der Waals surface area contributed by atoms with Gasteiger partial charge in [-0.25, -0.2) is 4.98 Å². The first-order valence-electron chi connectivity index (χ1n) is 8.31. The number of primary amides is 1. The van der Waals surface area contributed by atoms with Gasteiger partial charge >= 0.3 is 0 Å². The molecule has 3 rings (SSSR count). The Labute approximate surface area is 170 Å². The van der Waals surface area contributed by atoms with Crippen LogP contribution in [0.5, 0.6) is 5.75 Å². The Hall–Kier alpha value is -3.85. The molecule has 29 heavy (non-hydrogen) atoms. The molecule has 2 aromatic carbocycles. The molecule has 0 aliphatic heterocycles. The lowest BCUT2D eigenvalue weighted by molar-refractivity contribution is 0.0937. The van der Waals surface area contributed by atoms with Crippen molar-refractivity contribution >= 4 is 35.0 Å². The van der Waals surface area contributed by atoms with Gasteiger partial charge in [0, 0.05) is 18.4 Å². The summed E-state index contributed by atoms with van der Waals surface area (Å²) in [5.41, 5.74) is 6.45. The molecule has 0 unspecified atom stereocenters. The van der Waals surface area contributed by atoms with Crippen LogP contribution >= 0.6 is 11.6 Å². The smallest absolute Gasteiger partial charge is 0.272 e. The Morgan fingerprint density at radius 2 is 1.79 bits per heavy atom. The molecule has 0 saturated carbocycles. The number of nitrogens with two attached hydrogens (primary N) is 1. The number of carbonyl (C=O) groups excluding carboxylic acids is 3. The van der Waals surface area contributed by atoms with Crippen molar-refractivity contribution < 1.29 is 19.5 Å². The van der Waals surface area contributed by atoms with Crippen LogP contribution < -0.4 is 16.4 Å². The summed E-state index contributed by atoms with van der Waals surface area (Å²) >= 11 is 5.98. The van der Waals surface area contributed by atoms with Crippen molar-refractivity contribution in [2.45, 2.75) is 0 Å². The van der Waals surface area contributed by atoms with Crippen LogP contribution in [-0.4, -0.2) is 39.4 Å². The first-order chi connectivity index (χ1) is 13.8. The molecule has 0 bridgehead atoms. The van der Waals surface area contributed by atoms with Crippen molar-refractivity contribution in [1.29, 1.82) is 0 Å². The van der Waals surface area contributed by atoms with E-state index in [-0.39, 0.29) is 27.7 Å². The lowest BCUT2D eigenvalue weighted by Gasteiger charge is -2.10. The average Bonchev–Trinajstić information content (AvgIpc) is 3.13. The average molecular weight is 414 g/mol. The number of imidazole rings is 1. The summed E-state index contributed by atoms with van der Waals surface area (Å²) in [7, 11) is 1.42. The van der Waals surface area contributed by atoms with Crippen LogP contribution in [0.1, 0.15) is 31.3 Å². The number of amides is 3. The summed E-state index contributed by atoms with van der Waals surface area (Å²) in [5.74, 6) is -1.84. The largest absolute Gasteiger partial charge is 0.508 e. The summed E-state index contributed by atoms with van der Waals surface area (Å²) in [6.45, 7) is 0. The van der Waals surface area contributed by atoms with E-state index in [0.29, 0.717) is 11.4 Å². The molecule has 0 spiro atoms. The maximum Gasteiger partial charge on any atom is 0.272 e. The van der Waals surface area contributed by atoms with Gasteiger partial charge in [0.15, 0.2) is 5.69 Å². The predicted molar refractivity (Wildman–Crippen MR) is 107 cm³/mol. The summed E-state index contributed by atoms with van der Waals surface area (Å²) in [4.78, 5) is 40.0. The number of hydrogen-bond acceptors (Lipinski definition) is 5. The molecule has 0 aliphatic carbocycles. The number of hydrogen-bond donors (Lipinski definition) is 4. The molecule has 3 amide bonds. The number of phenolic OH excluding ortho intramolecular Hbond substituents is 1. The van der Waals surface area contributed by atoms with E-state index in [4.69, 9.17) is 17.3 Å². The van der Waals surface area contributed by atoms with E-state index in [2.05, 4.69) is 15.6 Å². The number of phenols is 1. The normalized spacial score (nSPS) is 10.4. The van der Waals surface area contributed by atoms with Gasteiger partial charge in [-0.15, -0.1) is 0 Å². The van der Waals surface area contributed by atoms with Crippen molar-refractivity contribution in [3.05, 3.63) is 70.8 Å². The minimum atomic E-state index is -0.805. The molecule has 1 heterocycles. The number of nitrogens with one attached hydrogen (secondary N) is 2. The molecule has 148 valence electrons. The van der Waals surface area contributed by atoms with Gasteiger partial charge in [-0.05, 0) is 42.5 Å². The molecule has 0 aliphatic rings. The highest BCUT2D eigenvalue weighted by Gasteiger charge is 2.22. The van der Waals surface area contributed by atoms with Crippen molar-refractivity contribution in [2.24, 2.45) is 5.73 Å². The second-order valence-electron chi connectivity index (χ2n) is 5.92. The number of halogens is 1. The fourth-order valence-corrected chi connectivity index (χ4v) is 2.92. The van der Waals surface area contributed by atoms with Gasteiger partial charge in [0.25, 0.3) is 17.7 Å². The van der Waals surface area contributed by atoms with Gasteiger partial charge in [0.2, 0.25) is 0 Å². The highest BCUT2D eigenvalue weighted by atomic mass is 35.5. The fourth-order valence-electron chi connectivity index (χ4n) is 2.66. The molecular formula is C19H16ClN5O4. The predicted octanol–water partition coefficient (Wildman–Crippen LogP) is 1.94. The van der Waals surface area contributed by atoms with Crippen LogP contribution in [0.15, 0.2) is 48.8 Å². The SMILES string of the molecule is CNC(=O)c1ncn(-c2ccc(NC(=O)c3ccc(O)cc3Cl)cc2)c1C(N)=O. The second-order valence-corrected chi connectivity index (χ2v) is 6.33. The quantitative estimate of drug-likeness (QED) is 0.506. The van der Waals surface area contributed by atoms with Crippen LogP contribution in [0.2, 0.25) is 5.02 Å². The second kappa shape index (κ2) is 8.03. The molecule has 5 N–H and O–H groups in total. The number of anilines is 1. The topological polar surface area (TPSA) is 139 Å². The van der Waals surface area contributed by atoms with E-state index < -0.39 is 17.7 Å². The molecule has 0 fully saturated rings. The van der Waals surface area contributed by atoms with Gasteiger partial charge in [-0.1, -0.05) is 11.6 Å². The molecule has 9 nitrogen and oxygen atoms in total. The highest BCUT2D eigenvalue weighted by Crippen LogP contribution is 2.23. The van der Waals surface area contributed by atoms with E-state index in [9.17, 15) is 19.5 Å². The van der Waals surface area contributed by atoms with E-state index in [1.165, 1.54) is 36.1 Å². The molecule has 0 atom stereocenters. The van der Waals surface area contributed by atoms with E-state index in [0.717, 1.165) is 0 Å². The Bertz CT molecular complexity index is 1110. The van der Waals surface area contributed by atoms with Crippen LogP contribution in [0.25, 0.3) is 5.69 Å². The lowest BCUT2D eigenvalue weighted by atomic mass is 10.2. The Kier molecular flexibility index (Phi) is 5.51. The fraction of sp³-hybridized carbons (Fsp3) is 0.0526. The number of carbonyl (C=O) groups is 3. The van der Waals surface area contributed by atoms with E-state index >= 15 is 0 Å². The van der Waals surface area contributed by atoms with Crippen molar-refractivity contribution in [1.82, 2.24) is 14.9 Å². The highest BCUT2D eigenvalue weighted by molar-refractivity contribution is 6.34. The van der Waals surface area contributed by atoms with Crippen LogP contribution in [0.3, 0.4) is 0 Å². The third kappa shape index (κ3) is 4.04. The van der Waals surface area contributed by atoms with Gasteiger partial charge < -0.3 is 21.5 Å². The van der Waals surface area contributed by atoms with Crippen LogP contribution in [0.4, 0.5) is 5.69 Å². The number of benzene rings is 2. The molecule has 0 saturated heterocycles. The zero-order valence-corrected chi connectivity index (χ0v) is 15.9. The number of aromatic nitrogens is 2. The van der Waals surface area contributed by atoms with Gasteiger partial charge in [0.1, 0.15) is 17.8 Å². The zero-order valence-electron chi connectivity index (χ0n) is 15.1. The molecule has 3 aromatic rings. The third-order valence-electron chi connectivity index (χ3n) is 4.04. The monoisotopic (exact) mass is 413 g/mol. The summed E-state index contributed by atoms with van der Waals surface area (Å²) in [5, 5.41) is 14.6. The van der Waals surface area contributed by atoms with Gasteiger partial charge in [-0.2, -0.15) is 0 Å². The maximum atomic E-state index is 12.4. The van der Waals surface area contributed by atoms with E-state index in [1.54, 1.807) is 24.3 Å². The molecule has 1 aromatic heterocycles. The Balaban J connectivity index is 1.86. The minimum Gasteiger partial charge on any atom is -0.508 e. The number of nitrogens with zero attached hydrogens (tertiary/aromatic N) is 2. The molecule has 10 heteroatoms. The standard InChI is InChI=1S/C19H16ClN5O4/c1-22-19(29)15-16(17(21)27)25(9-23-15)11-4-2-10(3-5-11)24-18(28)13-7-6-12(26)8-14(13)20/h2-9,26H,1H3,(H2,21,27)(H,22,29)(H,24,28). The van der Waals surface area contributed by atoms with Crippen molar-refractivity contribution in [3.8, 4) is 11.4 Å². The van der Waals surface area contributed by atoms with Crippen LogP contribution in [0, 0.1) is 0 Å². The Morgan fingerprint density at radius 3 is 2.38 bits per heavy atom. The number of rotatable bonds is 5. The first kappa shape index (κ1) is 19.9. The number of aromatic hydroxyl groups is 1. The van der Waals surface area contributed by atoms with Crippen molar-refractivity contribution in [2.75, 3.05) is 12.4 Å². The molecule has 0 radical (unpaired) electrons. The zero-order chi connectivity index (χ0) is 21.1. The third-order valence-corrected chi connectivity index (χ3v) is 4.36. The van der Waals surface area contributed by atoms with E-state index in [1.807, 2.05) is 0 Å². The summed E-state index contributed by atoms with van der Waals surface area (Å²) in [6.07, 6.45) is 1.31. The van der Waals surface area contributed by atoms with Crippen molar-refractivity contribution in [3.63, 3.8) is 0 Å². The maximum absolute atomic E-state index is 12.4. The first-order valence-corrected chi connectivity index (χ1v) is 8.69. The van der Waals surface area contributed by atoms with Gasteiger partial charge in [-0.3, -0.25) is 19.0 Å².